The Morgan fingerprint density at radius 2 is 2.18 bits per heavy atom. The van der Waals surface area contributed by atoms with Gasteiger partial charge >= 0.3 is 0 Å². The summed E-state index contributed by atoms with van der Waals surface area (Å²) in [5.41, 5.74) is 4.11. The van der Waals surface area contributed by atoms with Crippen LogP contribution in [0.5, 0.6) is 0 Å². The maximum Gasteiger partial charge on any atom is 0.272 e. The molecule has 1 amide bonds. The van der Waals surface area contributed by atoms with Crippen molar-refractivity contribution in [1.82, 2.24) is 10.4 Å². The number of carbonyl (C=O) groups is 1. The molecule has 2 rings (SSSR count). The smallest absolute Gasteiger partial charge is 0.267 e. The van der Waals surface area contributed by atoms with Gasteiger partial charge in [-0.05, 0) is 36.4 Å². The first-order chi connectivity index (χ1) is 10.8. The number of rotatable bonds is 8. The molecular weight excluding hydrogens is 294 g/mol. The first-order valence-corrected chi connectivity index (χ1v) is 8.50. The molecule has 0 aliphatic rings. The zero-order chi connectivity index (χ0) is 15.6. The number of carbonyl (C=O) groups excluding carboxylic acids is 1. The molecule has 116 valence electrons. The summed E-state index contributed by atoms with van der Waals surface area (Å²) in [7, 11) is 0. The van der Waals surface area contributed by atoms with Gasteiger partial charge in [0.2, 0.25) is 0 Å². The normalized spacial score (nSPS) is 11.4. The summed E-state index contributed by atoms with van der Waals surface area (Å²) in [4.78, 5) is 17.1. The molecule has 0 aliphatic carbocycles. The van der Waals surface area contributed by atoms with Crippen LogP contribution in [0.25, 0.3) is 0 Å². The molecule has 2 heterocycles. The topological polar surface area (TPSA) is 54.4 Å². The Labute approximate surface area is 135 Å². The van der Waals surface area contributed by atoms with Crippen LogP contribution in [0.1, 0.15) is 54.3 Å². The van der Waals surface area contributed by atoms with E-state index in [4.69, 9.17) is 0 Å². The van der Waals surface area contributed by atoms with Crippen molar-refractivity contribution in [2.24, 2.45) is 5.10 Å². The third-order valence-electron chi connectivity index (χ3n) is 3.29. The van der Waals surface area contributed by atoms with E-state index in [9.17, 15) is 4.79 Å². The summed E-state index contributed by atoms with van der Waals surface area (Å²) in [6.45, 7) is 2.20. The van der Waals surface area contributed by atoms with Gasteiger partial charge in [-0.3, -0.25) is 9.78 Å². The van der Waals surface area contributed by atoms with E-state index >= 15 is 0 Å². The molecule has 0 bridgehead atoms. The third-order valence-corrected chi connectivity index (χ3v) is 4.21. The van der Waals surface area contributed by atoms with Crippen molar-refractivity contribution in [3.8, 4) is 0 Å². The number of hydrogen-bond acceptors (Lipinski definition) is 4. The van der Waals surface area contributed by atoms with E-state index in [-0.39, 0.29) is 5.91 Å². The summed E-state index contributed by atoms with van der Waals surface area (Å²) >= 11 is 1.65. The Bertz CT molecular complexity index is 594. The highest BCUT2D eigenvalue weighted by Crippen LogP contribution is 2.15. The maximum atomic E-state index is 12.0. The number of aromatic nitrogens is 1. The number of hydrogen-bond donors (Lipinski definition) is 1. The summed E-state index contributed by atoms with van der Waals surface area (Å²) < 4.78 is 0. The minimum absolute atomic E-state index is 0.226. The predicted octanol–water partition coefficient (Wildman–Crippen LogP) is 4.25. The minimum atomic E-state index is -0.226. The van der Waals surface area contributed by atoms with Crippen molar-refractivity contribution in [2.75, 3.05) is 0 Å². The lowest BCUT2D eigenvalue weighted by molar-refractivity contribution is 0.0954. The van der Waals surface area contributed by atoms with Gasteiger partial charge in [0.05, 0.1) is 16.2 Å². The van der Waals surface area contributed by atoms with Gasteiger partial charge in [-0.2, -0.15) is 5.10 Å². The molecule has 0 saturated heterocycles. The van der Waals surface area contributed by atoms with Gasteiger partial charge < -0.3 is 0 Å². The molecule has 22 heavy (non-hydrogen) atoms. The molecule has 0 fully saturated rings. The Morgan fingerprint density at radius 1 is 1.27 bits per heavy atom. The van der Waals surface area contributed by atoms with Crippen LogP contribution in [0.15, 0.2) is 47.1 Å². The minimum Gasteiger partial charge on any atom is -0.267 e. The van der Waals surface area contributed by atoms with Gasteiger partial charge in [0.1, 0.15) is 0 Å². The quantitative estimate of drug-likeness (QED) is 0.450. The van der Waals surface area contributed by atoms with E-state index in [2.05, 4.69) is 22.4 Å². The van der Waals surface area contributed by atoms with Crippen molar-refractivity contribution in [3.63, 3.8) is 0 Å². The molecule has 0 spiro atoms. The first-order valence-electron chi connectivity index (χ1n) is 7.62. The van der Waals surface area contributed by atoms with Crippen molar-refractivity contribution in [2.45, 2.75) is 39.0 Å². The highest BCUT2D eigenvalue weighted by molar-refractivity contribution is 7.12. The second-order valence-corrected chi connectivity index (χ2v) is 5.98. The van der Waals surface area contributed by atoms with Crippen LogP contribution in [-0.4, -0.2) is 16.6 Å². The monoisotopic (exact) mass is 315 g/mol. The fourth-order valence-electron chi connectivity index (χ4n) is 2.08. The highest BCUT2D eigenvalue weighted by Gasteiger charge is 2.08. The van der Waals surface area contributed by atoms with Crippen molar-refractivity contribution < 1.29 is 4.79 Å². The Hall–Kier alpha value is -2.01. The van der Waals surface area contributed by atoms with E-state index in [1.54, 1.807) is 29.7 Å². The predicted molar refractivity (Wildman–Crippen MR) is 91.3 cm³/mol. The molecule has 0 atom stereocenters. The Balaban J connectivity index is 2.00. The average Bonchev–Trinajstić information content (AvgIpc) is 3.09. The molecule has 0 saturated carbocycles. The average molecular weight is 315 g/mol. The van der Waals surface area contributed by atoms with Gasteiger partial charge in [-0.15, -0.1) is 11.3 Å². The second-order valence-electron chi connectivity index (χ2n) is 5.03. The lowest BCUT2D eigenvalue weighted by Gasteiger charge is -2.05. The lowest BCUT2D eigenvalue weighted by Crippen LogP contribution is -2.20. The summed E-state index contributed by atoms with van der Waals surface area (Å²) in [5.74, 6) is -0.226. The summed E-state index contributed by atoms with van der Waals surface area (Å²) in [5, 5.41) is 6.37. The SMILES string of the molecule is CCCCCC/C(=N\NC(=O)c1cccnc1)c1cccs1. The van der Waals surface area contributed by atoms with Crippen LogP contribution in [0, 0.1) is 0 Å². The van der Waals surface area contributed by atoms with Crippen LogP contribution in [-0.2, 0) is 0 Å². The Kier molecular flexibility index (Phi) is 6.77. The number of pyridine rings is 1. The highest BCUT2D eigenvalue weighted by atomic mass is 32.1. The fraction of sp³-hybridized carbons (Fsp3) is 0.353. The molecule has 0 unspecified atom stereocenters. The standard InChI is InChI=1S/C17H21N3OS/c1-2-3-4-5-9-15(16-10-7-12-22-16)19-20-17(21)14-8-6-11-18-13-14/h6-8,10-13H,2-5,9H2,1H3,(H,20,21)/b19-15+. The van der Waals surface area contributed by atoms with Gasteiger partial charge in [-0.1, -0.05) is 32.3 Å². The largest absolute Gasteiger partial charge is 0.272 e. The number of hydrazone groups is 1. The number of amides is 1. The number of thiophene rings is 1. The van der Waals surface area contributed by atoms with E-state index in [1.165, 1.54) is 25.5 Å². The molecule has 4 nitrogen and oxygen atoms in total. The van der Waals surface area contributed by atoms with Crippen LogP contribution in [0.3, 0.4) is 0 Å². The van der Waals surface area contributed by atoms with Gasteiger partial charge in [0.15, 0.2) is 0 Å². The van der Waals surface area contributed by atoms with E-state index in [0.29, 0.717) is 5.56 Å². The van der Waals surface area contributed by atoms with Crippen molar-refractivity contribution in [1.29, 1.82) is 0 Å². The zero-order valence-corrected chi connectivity index (χ0v) is 13.6. The maximum absolute atomic E-state index is 12.0. The van der Waals surface area contributed by atoms with E-state index in [0.717, 1.165) is 23.4 Å². The fourth-order valence-corrected chi connectivity index (χ4v) is 2.82. The molecular formula is C17H21N3OS. The molecule has 5 heteroatoms. The number of nitrogens with one attached hydrogen (secondary N) is 1. The molecule has 0 radical (unpaired) electrons. The molecule has 1 N–H and O–H groups in total. The van der Waals surface area contributed by atoms with Gasteiger partial charge in [0.25, 0.3) is 5.91 Å². The number of nitrogens with zero attached hydrogens (tertiary/aromatic N) is 2. The van der Waals surface area contributed by atoms with Gasteiger partial charge in [0, 0.05) is 12.4 Å². The first kappa shape index (κ1) is 16.4. The molecule has 2 aromatic rings. The molecule has 0 aromatic carbocycles. The lowest BCUT2D eigenvalue weighted by atomic mass is 10.1. The summed E-state index contributed by atoms with van der Waals surface area (Å²) in [6, 6.07) is 7.51. The summed E-state index contributed by atoms with van der Waals surface area (Å²) in [6.07, 6.45) is 8.80. The third kappa shape index (κ3) is 5.07. The second kappa shape index (κ2) is 9.10. The van der Waals surface area contributed by atoms with E-state index in [1.807, 2.05) is 17.5 Å². The van der Waals surface area contributed by atoms with Gasteiger partial charge in [-0.25, -0.2) is 5.43 Å². The zero-order valence-electron chi connectivity index (χ0n) is 12.8. The Morgan fingerprint density at radius 3 is 2.86 bits per heavy atom. The van der Waals surface area contributed by atoms with Crippen molar-refractivity contribution >= 4 is 23.0 Å². The molecule has 0 aliphatic heterocycles. The molecule has 2 aromatic heterocycles. The van der Waals surface area contributed by atoms with Crippen LogP contribution in [0.2, 0.25) is 0 Å². The number of unbranched alkanes of at least 4 members (excludes halogenated alkanes) is 3. The van der Waals surface area contributed by atoms with E-state index < -0.39 is 0 Å². The van der Waals surface area contributed by atoms with Crippen molar-refractivity contribution in [3.05, 3.63) is 52.5 Å². The van der Waals surface area contributed by atoms with Crippen LogP contribution < -0.4 is 5.43 Å². The van der Waals surface area contributed by atoms with Crippen LogP contribution >= 0.6 is 11.3 Å². The van der Waals surface area contributed by atoms with Crippen LogP contribution in [0.4, 0.5) is 0 Å².